The normalized spacial score (nSPS) is 12.5. The van der Waals surface area contributed by atoms with Crippen molar-refractivity contribution in [3.05, 3.63) is 0 Å². The molecule has 0 heterocycles. The predicted molar refractivity (Wildman–Crippen MR) is 46.7 cm³/mol. The number of hydrogen-bond acceptors (Lipinski definition) is 2. The van der Waals surface area contributed by atoms with Crippen molar-refractivity contribution in [2.75, 3.05) is 0 Å². The molecule has 3 heteroatoms. The Bertz CT molecular complexity index is 117. The Kier molecular flexibility index (Phi) is 5.61. The lowest BCUT2D eigenvalue weighted by Gasteiger charge is -2.12. The van der Waals surface area contributed by atoms with Crippen molar-refractivity contribution in [2.45, 2.75) is 39.5 Å². The maximum absolute atomic E-state index is 8.42. The van der Waals surface area contributed by atoms with Gasteiger partial charge in [-0.25, -0.2) is 0 Å². The molecule has 0 spiro atoms. The van der Waals surface area contributed by atoms with Crippen LogP contribution in [0.25, 0.3) is 0 Å². The van der Waals surface area contributed by atoms with Crippen molar-refractivity contribution in [3.8, 4) is 0 Å². The van der Waals surface area contributed by atoms with Crippen LogP contribution in [0.4, 0.5) is 0 Å². The van der Waals surface area contributed by atoms with Crippen LogP contribution in [-0.4, -0.2) is 11.0 Å². The Morgan fingerprint density at radius 2 is 1.82 bits per heavy atom. The quantitative estimate of drug-likeness (QED) is 0.278. The van der Waals surface area contributed by atoms with Gasteiger partial charge in [0, 0.05) is 5.92 Å². The van der Waals surface area contributed by atoms with E-state index in [2.05, 4.69) is 19.0 Å². The summed E-state index contributed by atoms with van der Waals surface area (Å²) in [5, 5.41) is 11.4. The van der Waals surface area contributed by atoms with Crippen LogP contribution in [0.2, 0.25) is 0 Å². The first-order chi connectivity index (χ1) is 5.26. The molecule has 0 aliphatic carbocycles. The number of nitrogens with two attached hydrogens (primary N) is 1. The SMILES string of the molecule is CCCC(CCC)/C(N)=N/O. The van der Waals surface area contributed by atoms with Crippen molar-refractivity contribution in [1.29, 1.82) is 0 Å². The van der Waals surface area contributed by atoms with Crippen LogP contribution in [0.15, 0.2) is 5.16 Å². The van der Waals surface area contributed by atoms with Gasteiger partial charge in [-0.15, -0.1) is 0 Å². The minimum atomic E-state index is 0.273. The van der Waals surface area contributed by atoms with Gasteiger partial charge in [-0.05, 0) is 12.8 Å². The van der Waals surface area contributed by atoms with E-state index in [0.717, 1.165) is 25.7 Å². The molecule has 0 fully saturated rings. The highest BCUT2D eigenvalue weighted by atomic mass is 16.4. The molecule has 0 aliphatic heterocycles. The third-order valence-electron chi connectivity index (χ3n) is 1.81. The molecule has 3 nitrogen and oxygen atoms in total. The summed E-state index contributed by atoms with van der Waals surface area (Å²) in [7, 11) is 0. The van der Waals surface area contributed by atoms with Crippen LogP contribution in [0.5, 0.6) is 0 Å². The zero-order valence-electron chi connectivity index (χ0n) is 7.38. The number of amidine groups is 1. The molecule has 0 rings (SSSR count). The second-order valence-corrected chi connectivity index (χ2v) is 2.80. The third-order valence-corrected chi connectivity index (χ3v) is 1.81. The van der Waals surface area contributed by atoms with Gasteiger partial charge in [-0.2, -0.15) is 0 Å². The van der Waals surface area contributed by atoms with E-state index in [-0.39, 0.29) is 5.92 Å². The fourth-order valence-corrected chi connectivity index (χ4v) is 1.22. The van der Waals surface area contributed by atoms with Crippen LogP contribution in [-0.2, 0) is 0 Å². The van der Waals surface area contributed by atoms with Crippen molar-refractivity contribution in [3.63, 3.8) is 0 Å². The molecule has 0 bridgehead atoms. The Hall–Kier alpha value is -0.730. The Balaban J connectivity index is 3.87. The molecular weight excluding hydrogens is 140 g/mol. The van der Waals surface area contributed by atoms with E-state index in [0.29, 0.717) is 5.84 Å². The summed E-state index contributed by atoms with van der Waals surface area (Å²) in [4.78, 5) is 0. The maximum atomic E-state index is 8.42. The summed E-state index contributed by atoms with van der Waals surface area (Å²) < 4.78 is 0. The van der Waals surface area contributed by atoms with Gasteiger partial charge in [-0.1, -0.05) is 31.8 Å². The second kappa shape index (κ2) is 6.01. The molecule has 11 heavy (non-hydrogen) atoms. The standard InChI is InChI=1S/C8H18N2O/c1-3-5-7(6-4-2)8(9)10-11/h7,11H,3-6H2,1-2H3,(H2,9,10). The highest BCUT2D eigenvalue weighted by Gasteiger charge is 2.10. The largest absolute Gasteiger partial charge is 0.409 e. The average Bonchev–Trinajstić information content (AvgIpc) is 2.03. The van der Waals surface area contributed by atoms with E-state index in [1.54, 1.807) is 0 Å². The summed E-state index contributed by atoms with van der Waals surface area (Å²) in [6, 6.07) is 0. The zero-order valence-corrected chi connectivity index (χ0v) is 7.38. The lowest BCUT2D eigenvalue weighted by Crippen LogP contribution is -2.23. The van der Waals surface area contributed by atoms with Crippen LogP contribution in [0.1, 0.15) is 39.5 Å². The molecule has 3 N–H and O–H groups in total. The molecule has 0 unspecified atom stereocenters. The number of rotatable bonds is 5. The first-order valence-corrected chi connectivity index (χ1v) is 4.23. The van der Waals surface area contributed by atoms with Gasteiger partial charge >= 0.3 is 0 Å². The van der Waals surface area contributed by atoms with Gasteiger partial charge in [0.2, 0.25) is 0 Å². The summed E-state index contributed by atoms with van der Waals surface area (Å²) in [6.45, 7) is 4.21. The summed E-state index contributed by atoms with van der Waals surface area (Å²) in [5.74, 6) is 0.656. The van der Waals surface area contributed by atoms with Crippen molar-refractivity contribution in [1.82, 2.24) is 0 Å². The van der Waals surface area contributed by atoms with Crippen molar-refractivity contribution >= 4 is 5.84 Å². The first kappa shape index (κ1) is 10.3. The lowest BCUT2D eigenvalue weighted by atomic mass is 9.97. The highest BCUT2D eigenvalue weighted by molar-refractivity contribution is 5.82. The molecule has 0 aromatic heterocycles. The number of hydrogen-bond donors (Lipinski definition) is 2. The second-order valence-electron chi connectivity index (χ2n) is 2.80. The Morgan fingerprint density at radius 3 is 2.09 bits per heavy atom. The van der Waals surface area contributed by atoms with E-state index >= 15 is 0 Å². The van der Waals surface area contributed by atoms with E-state index in [4.69, 9.17) is 10.9 Å². The Morgan fingerprint density at radius 1 is 1.36 bits per heavy atom. The van der Waals surface area contributed by atoms with Crippen molar-refractivity contribution in [2.24, 2.45) is 16.8 Å². The molecule has 0 radical (unpaired) electrons. The maximum Gasteiger partial charge on any atom is 0.142 e. The zero-order chi connectivity index (χ0) is 8.69. The average molecular weight is 158 g/mol. The van der Waals surface area contributed by atoms with Crippen LogP contribution < -0.4 is 5.73 Å². The topological polar surface area (TPSA) is 58.6 Å². The molecule has 0 atom stereocenters. The van der Waals surface area contributed by atoms with Gasteiger partial charge in [0.15, 0.2) is 0 Å². The lowest BCUT2D eigenvalue weighted by molar-refractivity contribution is 0.312. The van der Waals surface area contributed by atoms with Crippen LogP contribution >= 0.6 is 0 Å². The monoisotopic (exact) mass is 158 g/mol. The van der Waals surface area contributed by atoms with Gasteiger partial charge in [-0.3, -0.25) is 0 Å². The molecular formula is C8H18N2O. The molecule has 0 saturated carbocycles. The highest BCUT2D eigenvalue weighted by Crippen LogP contribution is 2.12. The summed E-state index contributed by atoms with van der Waals surface area (Å²) in [5.41, 5.74) is 5.49. The van der Waals surface area contributed by atoms with Gasteiger partial charge in [0.1, 0.15) is 5.84 Å². The van der Waals surface area contributed by atoms with E-state index in [1.807, 2.05) is 0 Å². The molecule has 0 amide bonds. The van der Waals surface area contributed by atoms with E-state index in [9.17, 15) is 0 Å². The Labute approximate surface area is 68.3 Å². The molecule has 66 valence electrons. The fraction of sp³-hybridized carbons (Fsp3) is 0.875. The molecule has 0 aliphatic rings. The molecule has 0 saturated heterocycles. The minimum Gasteiger partial charge on any atom is -0.409 e. The number of nitrogens with zero attached hydrogens (tertiary/aromatic N) is 1. The summed E-state index contributed by atoms with van der Waals surface area (Å²) in [6.07, 6.45) is 4.20. The minimum absolute atomic E-state index is 0.273. The van der Waals surface area contributed by atoms with Gasteiger partial charge in [0.05, 0.1) is 0 Å². The summed E-state index contributed by atoms with van der Waals surface area (Å²) >= 11 is 0. The van der Waals surface area contributed by atoms with Crippen LogP contribution in [0.3, 0.4) is 0 Å². The fourth-order valence-electron chi connectivity index (χ4n) is 1.22. The number of oxime groups is 1. The van der Waals surface area contributed by atoms with Crippen molar-refractivity contribution < 1.29 is 5.21 Å². The van der Waals surface area contributed by atoms with E-state index < -0.39 is 0 Å². The predicted octanol–water partition coefficient (Wildman–Crippen LogP) is 1.95. The molecule has 0 aromatic rings. The first-order valence-electron chi connectivity index (χ1n) is 4.23. The van der Waals surface area contributed by atoms with E-state index in [1.165, 1.54) is 0 Å². The molecule has 0 aromatic carbocycles. The third kappa shape index (κ3) is 3.86. The van der Waals surface area contributed by atoms with Crippen LogP contribution in [0, 0.1) is 5.92 Å². The van der Waals surface area contributed by atoms with Gasteiger partial charge in [0.25, 0.3) is 0 Å². The van der Waals surface area contributed by atoms with Gasteiger partial charge < -0.3 is 10.9 Å². The smallest absolute Gasteiger partial charge is 0.142 e.